The van der Waals surface area contributed by atoms with Crippen LogP contribution in [0, 0.1) is 11.8 Å². The number of hydrogen-bond donors (Lipinski definition) is 1. The quantitative estimate of drug-likeness (QED) is 0.832. The molecule has 5 nitrogen and oxygen atoms in total. The van der Waals surface area contributed by atoms with Crippen LogP contribution in [0.2, 0.25) is 5.02 Å². The number of piperidine rings is 1. The van der Waals surface area contributed by atoms with Crippen molar-refractivity contribution in [2.24, 2.45) is 11.8 Å². The number of ether oxygens (including phenoxy) is 2. The highest BCUT2D eigenvalue weighted by molar-refractivity contribution is 6.30. The first-order valence-corrected chi connectivity index (χ1v) is 10.3. The fourth-order valence-corrected chi connectivity index (χ4v) is 5.19. The van der Waals surface area contributed by atoms with E-state index in [0.29, 0.717) is 12.3 Å². The van der Waals surface area contributed by atoms with Gasteiger partial charge in [-0.05, 0) is 63.8 Å². The average molecular weight is 394 g/mol. The summed E-state index contributed by atoms with van der Waals surface area (Å²) in [4.78, 5) is 13.2. The molecule has 0 spiro atoms. The van der Waals surface area contributed by atoms with Gasteiger partial charge in [0.15, 0.2) is 0 Å². The second-order valence-corrected chi connectivity index (χ2v) is 9.11. The van der Waals surface area contributed by atoms with Gasteiger partial charge in [0.1, 0.15) is 11.4 Å². The number of nitrogens with zero attached hydrogens (tertiary/aromatic N) is 1. The molecule has 1 aromatic carbocycles. The Kier molecular flexibility index (Phi) is 5.12. The average Bonchev–Trinajstić information content (AvgIpc) is 2.61. The van der Waals surface area contributed by atoms with E-state index in [4.69, 9.17) is 26.2 Å². The van der Waals surface area contributed by atoms with Crippen LogP contribution in [0.5, 0.6) is 5.75 Å². The highest BCUT2D eigenvalue weighted by Gasteiger charge is 2.51. The van der Waals surface area contributed by atoms with Crippen LogP contribution in [0.1, 0.15) is 51.2 Å². The molecule has 3 aliphatic rings. The summed E-state index contributed by atoms with van der Waals surface area (Å²) in [6.07, 6.45) is 3.29. The molecule has 0 saturated carbocycles. The van der Waals surface area contributed by atoms with Crippen LogP contribution in [0.15, 0.2) is 18.2 Å². The number of carbonyl (C=O) groups is 1. The van der Waals surface area contributed by atoms with Crippen LogP contribution in [0.3, 0.4) is 0 Å². The van der Waals surface area contributed by atoms with Crippen molar-refractivity contribution in [3.8, 4) is 5.75 Å². The van der Waals surface area contributed by atoms with E-state index in [-0.39, 0.29) is 30.1 Å². The predicted octanol–water partition coefficient (Wildman–Crippen LogP) is 4.14. The molecule has 6 heteroatoms. The van der Waals surface area contributed by atoms with Gasteiger partial charge in [-0.2, -0.15) is 0 Å². The van der Waals surface area contributed by atoms with Crippen LogP contribution in [0.25, 0.3) is 0 Å². The Morgan fingerprint density at radius 3 is 3.00 bits per heavy atom. The Bertz CT molecular complexity index is 722. The predicted molar refractivity (Wildman–Crippen MR) is 103 cm³/mol. The first kappa shape index (κ1) is 19.0. The minimum atomic E-state index is -0.716. The summed E-state index contributed by atoms with van der Waals surface area (Å²) in [6.45, 7) is 7.10. The number of halogens is 1. The van der Waals surface area contributed by atoms with Crippen LogP contribution in [-0.4, -0.2) is 47.3 Å². The molecule has 4 atom stereocenters. The number of rotatable bonds is 4. The molecule has 27 heavy (non-hydrogen) atoms. The zero-order chi connectivity index (χ0) is 19.2. The van der Waals surface area contributed by atoms with Gasteiger partial charge in [0.05, 0.1) is 12.2 Å². The summed E-state index contributed by atoms with van der Waals surface area (Å²) >= 11 is 6.25. The molecule has 0 amide bonds. The first-order chi connectivity index (χ1) is 12.8. The van der Waals surface area contributed by atoms with E-state index in [0.717, 1.165) is 48.8 Å². The zero-order valence-electron chi connectivity index (χ0n) is 16.0. The number of fused-ring (bicyclic) bond motifs is 4. The normalized spacial score (nSPS) is 32.0. The summed E-state index contributed by atoms with van der Waals surface area (Å²) in [6, 6.07) is 5.82. The summed E-state index contributed by atoms with van der Waals surface area (Å²) in [7, 11) is 0. The van der Waals surface area contributed by atoms with Gasteiger partial charge in [-0.3, -0.25) is 4.79 Å². The van der Waals surface area contributed by atoms with Crippen molar-refractivity contribution in [1.82, 2.24) is 4.90 Å². The van der Waals surface area contributed by atoms with Gasteiger partial charge in [-0.15, -0.1) is 0 Å². The summed E-state index contributed by atoms with van der Waals surface area (Å²) in [5.74, 6) is 0.916. The molecular formula is C21H28ClNO4. The minimum Gasteiger partial charge on any atom is -0.487 e. The maximum absolute atomic E-state index is 10.8. The van der Waals surface area contributed by atoms with E-state index in [1.807, 2.05) is 18.2 Å². The van der Waals surface area contributed by atoms with Crippen molar-refractivity contribution in [2.45, 2.75) is 57.3 Å². The highest BCUT2D eigenvalue weighted by Crippen LogP contribution is 2.53. The molecule has 0 radical (unpaired) electrons. The standard InChI is InChI=1S/C21H28ClNO4/c1-21(2)16-10-13-12-23(8-3-4-19(24)25)9-7-17(13)26-20(16)15-11-14(22)5-6-18(15)27-21/h5-6,11,13,16-17,20H,3-4,7-10,12H2,1-2H3,(H,24,25)/t13-,16-,17-,20+/m1/s1. The Morgan fingerprint density at radius 1 is 1.41 bits per heavy atom. The molecule has 0 bridgehead atoms. The zero-order valence-corrected chi connectivity index (χ0v) is 16.7. The van der Waals surface area contributed by atoms with Crippen molar-refractivity contribution in [2.75, 3.05) is 19.6 Å². The van der Waals surface area contributed by atoms with Gasteiger partial charge in [-0.1, -0.05) is 11.6 Å². The van der Waals surface area contributed by atoms with Crippen molar-refractivity contribution < 1.29 is 19.4 Å². The lowest BCUT2D eigenvalue weighted by atomic mass is 9.70. The van der Waals surface area contributed by atoms with E-state index in [1.165, 1.54) is 0 Å². The summed E-state index contributed by atoms with van der Waals surface area (Å²) in [5.41, 5.74) is 0.788. The molecule has 1 aromatic rings. The van der Waals surface area contributed by atoms with Gasteiger partial charge < -0.3 is 19.5 Å². The van der Waals surface area contributed by atoms with E-state index < -0.39 is 5.97 Å². The second kappa shape index (κ2) is 7.26. The lowest BCUT2D eigenvalue weighted by Gasteiger charge is -2.53. The van der Waals surface area contributed by atoms with Gasteiger partial charge >= 0.3 is 5.97 Å². The third-order valence-electron chi connectivity index (χ3n) is 6.40. The van der Waals surface area contributed by atoms with Crippen LogP contribution in [-0.2, 0) is 9.53 Å². The van der Waals surface area contributed by atoms with Crippen LogP contribution < -0.4 is 4.74 Å². The third-order valence-corrected chi connectivity index (χ3v) is 6.64. The Hall–Kier alpha value is -1.30. The number of carboxylic acid groups (broad SMARTS) is 1. The molecule has 2 fully saturated rings. The summed E-state index contributed by atoms with van der Waals surface area (Å²) in [5, 5.41) is 9.57. The smallest absolute Gasteiger partial charge is 0.303 e. The number of aliphatic carboxylic acids is 1. The number of hydrogen-bond acceptors (Lipinski definition) is 4. The van der Waals surface area contributed by atoms with E-state index in [2.05, 4.69) is 18.7 Å². The van der Waals surface area contributed by atoms with Crippen molar-refractivity contribution >= 4 is 17.6 Å². The van der Waals surface area contributed by atoms with Gasteiger partial charge in [0.25, 0.3) is 0 Å². The number of likely N-dealkylation sites (tertiary alicyclic amines) is 1. The van der Waals surface area contributed by atoms with E-state index >= 15 is 0 Å². The van der Waals surface area contributed by atoms with Crippen molar-refractivity contribution in [3.05, 3.63) is 28.8 Å². The molecular weight excluding hydrogens is 366 g/mol. The Morgan fingerprint density at radius 2 is 2.22 bits per heavy atom. The topological polar surface area (TPSA) is 59.0 Å². The van der Waals surface area contributed by atoms with Gasteiger partial charge in [0.2, 0.25) is 0 Å². The maximum atomic E-state index is 10.8. The fourth-order valence-electron chi connectivity index (χ4n) is 5.01. The van der Waals surface area contributed by atoms with E-state index in [1.54, 1.807) is 0 Å². The van der Waals surface area contributed by atoms with Crippen LogP contribution in [0.4, 0.5) is 0 Å². The Labute approximate surface area is 165 Å². The lowest BCUT2D eigenvalue weighted by molar-refractivity contribution is -0.187. The third kappa shape index (κ3) is 3.82. The largest absolute Gasteiger partial charge is 0.487 e. The fraction of sp³-hybridized carbons (Fsp3) is 0.667. The highest BCUT2D eigenvalue weighted by atomic mass is 35.5. The molecule has 3 aliphatic heterocycles. The second-order valence-electron chi connectivity index (χ2n) is 8.67. The molecule has 148 valence electrons. The minimum absolute atomic E-state index is 0.0299. The monoisotopic (exact) mass is 393 g/mol. The summed E-state index contributed by atoms with van der Waals surface area (Å²) < 4.78 is 13.0. The van der Waals surface area contributed by atoms with Gasteiger partial charge in [-0.25, -0.2) is 0 Å². The molecule has 4 rings (SSSR count). The molecule has 0 aromatic heterocycles. The maximum Gasteiger partial charge on any atom is 0.303 e. The number of carboxylic acids is 1. The molecule has 3 heterocycles. The molecule has 2 saturated heterocycles. The molecule has 1 N–H and O–H groups in total. The lowest BCUT2D eigenvalue weighted by Crippen LogP contribution is -2.55. The van der Waals surface area contributed by atoms with Crippen molar-refractivity contribution in [1.29, 1.82) is 0 Å². The Balaban J connectivity index is 1.49. The van der Waals surface area contributed by atoms with Crippen LogP contribution >= 0.6 is 11.6 Å². The number of benzene rings is 1. The van der Waals surface area contributed by atoms with Gasteiger partial charge in [0, 0.05) is 36.0 Å². The van der Waals surface area contributed by atoms with Crippen molar-refractivity contribution in [3.63, 3.8) is 0 Å². The molecule has 0 unspecified atom stereocenters. The SMILES string of the molecule is CC1(C)Oc2ccc(Cl)cc2[C@@H]2O[C@@H]3CCN(CCCC(=O)O)C[C@H]3C[C@H]21. The first-order valence-electron chi connectivity index (χ1n) is 9.91. The van der Waals surface area contributed by atoms with E-state index in [9.17, 15) is 4.79 Å². The molecule has 0 aliphatic carbocycles.